The molecule has 0 bridgehead atoms. The van der Waals surface area contributed by atoms with Gasteiger partial charge in [-0.3, -0.25) is 0 Å². The molecule has 17 rings (SSSR count). The van der Waals surface area contributed by atoms with Crippen LogP contribution in [0.25, 0.3) is 106 Å². The van der Waals surface area contributed by atoms with Crippen molar-refractivity contribution in [2.45, 2.75) is 0 Å². The molecule has 0 atom stereocenters. The molecule has 0 N–H and O–H groups in total. The molecule has 88 heavy (non-hydrogen) atoms. The normalized spacial score (nSPS) is 12.2. The summed E-state index contributed by atoms with van der Waals surface area (Å²) in [5.74, 6) is 1.26. The molecule has 8 heteroatoms. The molecule has 0 unspecified atom stereocenters. The van der Waals surface area contributed by atoms with Crippen molar-refractivity contribution in [3.8, 4) is 84.6 Å². The van der Waals surface area contributed by atoms with Crippen LogP contribution in [0.4, 0.5) is 34.1 Å². The van der Waals surface area contributed by atoms with E-state index in [2.05, 4.69) is 306 Å². The minimum absolute atomic E-state index is 0.00216. The molecule has 0 fully saturated rings. The number of hydrogen-bond acceptors (Lipinski definition) is 6. The van der Waals surface area contributed by atoms with Crippen molar-refractivity contribution < 1.29 is 0 Å². The quantitative estimate of drug-likeness (QED) is 0.127. The molecular formula is C80H52BN7. The number of rotatable bonds is 10. The minimum atomic E-state index is 0.00216. The maximum absolute atomic E-state index is 5.73. The maximum Gasteiger partial charge on any atom is 0.252 e. The lowest BCUT2D eigenvalue weighted by molar-refractivity contribution is 1.15. The number of benzene rings is 12. The third-order valence-corrected chi connectivity index (χ3v) is 17.4. The molecule has 5 heterocycles. The van der Waals surface area contributed by atoms with E-state index in [4.69, 9.17) is 19.9 Å². The lowest BCUT2D eigenvalue weighted by atomic mass is 9.33. The van der Waals surface area contributed by atoms with Crippen molar-refractivity contribution in [3.63, 3.8) is 0 Å². The molecule has 15 aromatic rings. The van der Waals surface area contributed by atoms with Crippen LogP contribution < -0.4 is 26.2 Å². The van der Waals surface area contributed by atoms with Gasteiger partial charge < -0.3 is 14.4 Å². The molecule has 0 saturated heterocycles. The number of hydrogen-bond donors (Lipinski definition) is 0. The van der Waals surface area contributed by atoms with Gasteiger partial charge in [0.15, 0.2) is 11.6 Å². The Bertz CT molecular complexity index is 4950. The zero-order valence-electron chi connectivity index (χ0n) is 47.7. The van der Waals surface area contributed by atoms with Gasteiger partial charge in [-0.2, -0.15) is 0 Å². The molecule has 0 radical (unpaired) electrons. The van der Waals surface area contributed by atoms with Gasteiger partial charge in [-0.15, -0.1) is 0 Å². The summed E-state index contributed by atoms with van der Waals surface area (Å²) in [7, 11) is 0. The van der Waals surface area contributed by atoms with Crippen LogP contribution in [0, 0.1) is 0 Å². The lowest BCUT2D eigenvalue weighted by Crippen LogP contribution is -2.61. The fourth-order valence-corrected chi connectivity index (χ4v) is 13.4. The van der Waals surface area contributed by atoms with Crippen molar-refractivity contribution in [1.29, 1.82) is 0 Å². The second kappa shape index (κ2) is 21.1. The number of fused-ring (bicyclic) bond motifs is 7. The summed E-state index contributed by atoms with van der Waals surface area (Å²) in [4.78, 5) is 26.7. The predicted molar refractivity (Wildman–Crippen MR) is 364 cm³/mol. The summed E-state index contributed by atoms with van der Waals surface area (Å²) in [6.07, 6.45) is 0. The zero-order valence-corrected chi connectivity index (χ0v) is 47.7. The highest BCUT2D eigenvalue weighted by molar-refractivity contribution is 7.00. The fraction of sp³-hybridized carbons (Fsp3) is 0. The fourth-order valence-electron chi connectivity index (χ4n) is 13.4. The smallest absolute Gasteiger partial charge is 0.252 e. The van der Waals surface area contributed by atoms with Crippen molar-refractivity contribution in [2.24, 2.45) is 0 Å². The molecule has 0 aliphatic carbocycles. The van der Waals surface area contributed by atoms with E-state index in [1.54, 1.807) is 0 Å². The summed E-state index contributed by atoms with van der Waals surface area (Å²) in [5, 5.41) is 2.35. The molecule has 12 aromatic carbocycles. The summed E-state index contributed by atoms with van der Waals surface area (Å²) in [5.41, 5.74) is 24.8. The van der Waals surface area contributed by atoms with Crippen LogP contribution in [-0.2, 0) is 0 Å². The molecule has 7 nitrogen and oxygen atoms in total. The summed E-state index contributed by atoms with van der Waals surface area (Å²) >= 11 is 0. The lowest BCUT2D eigenvalue weighted by Gasteiger charge is -2.44. The Morgan fingerprint density at radius 2 is 0.670 bits per heavy atom. The van der Waals surface area contributed by atoms with Crippen molar-refractivity contribution in [1.82, 2.24) is 24.5 Å². The van der Waals surface area contributed by atoms with Gasteiger partial charge >= 0.3 is 0 Å². The standard InChI is InChI=1S/C80H52BN7/c1-6-25-53(26-7-1)67-51-69(84-79(82-67)55-29-10-3-11-30-55)57-45-46-73(88-71-41-20-16-37-62(71)63-38-17-21-42-72(63)88)64(48-57)70-52-68(54-27-8-2-9-28-54)83-80(85-70)58-32-24-31-56(47-58)59-49-76-78-77(50-59)87(61-35-14-5-15-36-61)75-44-23-19-40-66(75)81(78)65-39-18-22-43-74(65)86(76)60-33-12-4-13-34-60/h1-52H. The molecule has 410 valence electrons. The minimum Gasteiger partial charge on any atom is -0.311 e. The molecule has 0 spiro atoms. The van der Waals surface area contributed by atoms with E-state index in [0.717, 1.165) is 107 Å². The second-order valence-corrected chi connectivity index (χ2v) is 22.5. The Labute approximate surface area is 510 Å². The Morgan fingerprint density at radius 3 is 1.23 bits per heavy atom. The number of anilines is 6. The van der Waals surface area contributed by atoms with Crippen LogP contribution in [0.5, 0.6) is 0 Å². The van der Waals surface area contributed by atoms with Gasteiger partial charge in [-0.25, -0.2) is 19.9 Å². The molecule has 0 amide bonds. The second-order valence-electron chi connectivity index (χ2n) is 22.5. The number of aromatic nitrogens is 5. The van der Waals surface area contributed by atoms with Gasteiger partial charge in [0.25, 0.3) is 6.71 Å². The van der Waals surface area contributed by atoms with E-state index < -0.39 is 0 Å². The highest BCUT2D eigenvalue weighted by Crippen LogP contribution is 2.47. The number of nitrogens with zero attached hydrogens (tertiary/aromatic N) is 7. The van der Waals surface area contributed by atoms with E-state index in [-0.39, 0.29) is 6.71 Å². The van der Waals surface area contributed by atoms with Crippen LogP contribution in [0.1, 0.15) is 0 Å². The number of para-hydroxylation sites is 6. The SMILES string of the molecule is c1ccc(-c2cc(-c3ccc(-n4c5ccccc5c5ccccc54)c(-c4cc(-c5ccccc5)nc(-c5cccc(-c6cc7c8c(c6)N(c6ccccc6)c6ccccc6B8c6ccccc6N7c6ccccc6)c5)n4)c3)nc(-c3ccccc3)n2)cc1. The molecular weight excluding hydrogens is 1070 g/mol. The van der Waals surface area contributed by atoms with Gasteiger partial charge in [0, 0.05) is 78.3 Å². The topological polar surface area (TPSA) is 63.0 Å². The van der Waals surface area contributed by atoms with Gasteiger partial charge in [0.05, 0.1) is 39.5 Å². The van der Waals surface area contributed by atoms with Crippen LogP contribution >= 0.6 is 0 Å². The Hall–Kier alpha value is -11.7. The summed E-state index contributed by atoms with van der Waals surface area (Å²) in [6, 6.07) is 112. The summed E-state index contributed by atoms with van der Waals surface area (Å²) in [6.45, 7) is 0.00216. The van der Waals surface area contributed by atoms with E-state index in [1.807, 2.05) is 24.3 Å². The van der Waals surface area contributed by atoms with Gasteiger partial charge in [0.1, 0.15) is 0 Å². The van der Waals surface area contributed by atoms with Crippen molar-refractivity contribution >= 4 is 79.0 Å². The Morgan fingerprint density at radius 1 is 0.250 bits per heavy atom. The Balaban J connectivity index is 0.890. The van der Waals surface area contributed by atoms with Crippen LogP contribution in [-0.4, -0.2) is 31.2 Å². The third-order valence-electron chi connectivity index (χ3n) is 17.4. The van der Waals surface area contributed by atoms with Crippen molar-refractivity contribution in [3.05, 3.63) is 315 Å². The van der Waals surface area contributed by atoms with E-state index in [9.17, 15) is 0 Å². The van der Waals surface area contributed by atoms with Gasteiger partial charge in [0.2, 0.25) is 0 Å². The molecule has 3 aromatic heterocycles. The first kappa shape index (κ1) is 50.8. The average molecular weight is 1120 g/mol. The van der Waals surface area contributed by atoms with E-state index in [0.29, 0.717) is 11.6 Å². The largest absolute Gasteiger partial charge is 0.311 e. The van der Waals surface area contributed by atoms with Gasteiger partial charge in [-0.05, 0) is 119 Å². The first-order chi connectivity index (χ1) is 43.6. The first-order valence-corrected chi connectivity index (χ1v) is 29.9. The summed E-state index contributed by atoms with van der Waals surface area (Å²) < 4.78 is 2.39. The monoisotopic (exact) mass is 1120 g/mol. The maximum atomic E-state index is 5.73. The highest BCUT2D eigenvalue weighted by atomic mass is 15.2. The average Bonchev–Trinajstić information content (AvgIpc) is 1.05. The molecule has 2 aliphatic rings. The van der Waals surface area contributed by atoms with Crippen LogP contribution in [0.3, 0.4) is 0 Å². The zero-order chi connectivity index (χ0) is 58.1. The van der Waals surface area contributed by atoms with Crippen LogP contribution in [0.15, 0.2) is 315 Å². The van der Waals surface area contributed by atoms with E-state index >= 15 is 0 Å². The van der Waals surface area contributed by atoms with E-state index in [1.165, 1.54) is 38.5 Å². The third kappa shape index (κ3) is 8.60. The Kier molecular flexibility index (Phi) is 12.2. The van der Waals surface area contributed by atoms with Crippen LogP contribution in [0.2, 0.25) is 0 Å². The van der Waals surface area contributed by atoms with Gasteiger partial charge in [-0.1, -0.05) is 224 Å². The molecule has 0 saturated carbocycles. The first-order valence-electron chi connectivity index (χ1n) is 29.9. The van der Waals surface area contributed by atoms with Crippen molar-refractivity contribution in [2.75, 3.05) is 9.80 Å². The molecule has 2 aliphatic heterocycles. The highest BCUT2D eigenvalue weighted by Gasteiger charge is 2.43. The predicted octanol–water partition coefficient (Wildman–Crippen LogP) is 18.1.